The molecule has 2 aliphatic heterocycles. The van der Waals surface area contributed by atoms with Crippen LogP contribution in [0.1, 0.15) is 191 Å². The second-order valence-corrected chi connectivity index (χ2v) is 28.5. The molecule has 0 fully saturated rings. The van der Waals surface area contributed by atoms with E-state index in [9.17, 15) is 0 Å². The van der Waals surface area contributed by atoms with Gasteiger partial charge in [0.2, 0.25) is 13.4 Å². The van der Waals surface area contributed by atoms with Crippen LogP contribution in [0.2, 0.25) is 0 Å². The molecule has 0 radical (unpaired) electrons. The first-order chi connectivity index (χ1) is 34.3. The Balaban J connectivity index is 1.42. The van der Waals surface area contributed by atoms with Crippen LogP contribution in [0.5, 0.6) is 0 Å². The quantitative estimate of drug-likeness (QED) is 0.154. The van der Waals surface area contributed by atoms with Crippen LogP contribution >= 0.6 is 0 Å². The highest BCUT2D eigenvalue weighted by Crippen LogP contribution is 2.38. The molecule has 0 bridgehead atoms. The van der Waals surface area contributed by atoms with Gasteiger partial charge in [-0.15, -0.1) is 0 Å². The molecule has 0 unspecified atom stereocenters. The second kappa shape index (κ2) is 18.5. The Bertz CT molecular complexity index is 3060. The summed E-state index contributed by atoms with van der Waals surface area (Å²) in [5.74, 6) is 0. The van der Waals surface area contributed by atoms with Crippen LogP contribution in [0.4, 0.5) is 0 Å². The summed E-state index contributed by atoms with van der Waals surface area (Å²) in [6.07, 6.45) is 9.82. The summed E-state index contributed by atoms with van der Waals surface area (Å²) in [4.78, 5) is 0. The number of fused-ring (bicyclic) bond motifs is 4. The molecule has 0 saturated heterocycles. The van der Waals surface area contributed by atoms with E-state index >= 15 is 0 Å². The zero-order valence-electron chi connectivity index (χ0n) is 49.0. The lowest BCUT2D eigenvalue weighted by molar-refractivity contribution is 0.552. The van der Waals surface area contributed by atoms with Gasteiger partial charge in [-0.3, -0.25) is 0 Å². The Morgan fingerprint density at radius 2 is 0.514 bits per heavy atom. The average Bonchev–Trinajstić information content (AvgIpc) is 3.55. The summed E-state index contributed by atoms with van der Waals surface area (Å²) in [6.45, 7) is 47.7. The SMILES string of the molecule is Cc1ccc(-c2ccc3c(c2)C=Cc2cc4c(cc2B3c2c(C(C)(C)C)cc(C(C)(C)C)cc2C(C)(C)C)C=Cc2cc(-c3ccc(C)cc3)ccc2B4c2c(C(C)(C)C)cc(C(C)(C)C)cc2C(C)(C)C)cc1. The van der Waals surface area contributed by atoms with Gasteiger partial charge in [0, 0.05) is 0 Å². The van der Waals surface area contributed by atoms with Crippen molar-refractivity contribution in [3.8, 4) is 22.3 Å². The maximum atomic E-state index is 2.63. The van der Waals surface area contributed by atoms with E-state index in [2.05, 4.69) is 284 Å². The highest BCUT2D eigenvalue weighted by atomic mass is 14.4. The van der Waals surface area contributed by atoms with Gasteiger partial charge < -0.3 is 0 Å². The molecule has 7 aromatic carbocycles. The summed E-state index contributed by atoms with van der Waals surface area (Å²) < 4.78 is 0. The van der Waals surface area contributed by atoms with E-state index in [4.69, 9.17) is 0 Å². The molecule has 7 aromatic rings. The molecular formula is C72H84B2. The van der Waals surface area contributed by atoms with Crippen molar-refractivity contribution >= 4 is 70.5 Å². The second-order valence-electron chi connectivity index (χ2n) is 28.5. The molecule has 0 aromatic heterocycles. The molecule has 0 N–H and O–H groups in total. The zero-order valence-corrected chi connectivity index (χ0v) is 49.0. The average molecular weight is 971 g/mol. The standard InChI is InChI=1S/C72H84B2/c1-45-21-25-47(26-22-45)49-33-35-61-51(37-49)29-31-53-39-64-54(40-63(53)73(61)65-57(69(9,10)11)41-55(67(3,4)5)42-58(65)70(12,13)14)32-30-52-38-50(48-27-23-46(2)24-28-48)34-36-62(52)74(64)66-59(71(15,16)17)43-56(68(6,7)8)44-60(66)72(18,19)20/h21-44H,1-20H3. The molecular weight excluding hydrogens is 886 g/mol. The molecule has 378 valence electrons. The van der Waals surface area contributed by atoms with E-state index in [1.165, 1.54) is 122 Å². The van der Waals surface area contributed by atoms with Crippen molar-refractivity contribution in [3.05, 3.63) is 188 Å². The smallest absolute Gasteiger partial charge is 0.0658 e. The maximum Gasteiger partial charge on any atom is 0.243 e. The van der Waals surface area contributed by atoms with E-state index in [1.807, 2.05) is 0 Å². The number of aryl methyl sites for hydroxylation is 2. The van der Waals surface area contributed by atoms with Crippen LogP contribution in [0, 0.1) is 13.8 Å². The van der Waals surface area contributed by atoms with Gasteiger partial charge in [0.25, 0.3) is 0 Å². The topological polar surface area (TPSA) is 0 Å². The first-order valence-electron chi connectivity index (χ1n) is 27.6. The van der Waals surface area contributed by atoms with E-state index in [1.54, 1.807) is 0 Å². The summed E-state index contributed by atoms with van der Waals surface area (Å²) in [5.41, 5.74) is 29.0. The lowest BCUT2D eigenvalue weighted by Crippen LogP contribution is -2.60. The van der Waals surface area contributed by atoms with Gasteiger partial charge in [-0.25, -0.2) is 0 Å². The summed E-state index contributed by atoms with van der Waals surface area (Å²) in [5, 5.41) is 0. The van der Waals surface area contributed by atoms with Crippen molar-refractivity contribution in [2.24, 2.45) is 0 Å². The third-order valence-corrected chi connectivity index (χ3v) is 16.3. The van der Waals surface area contributed by atoms with Crippen LogP contribution in [0.25, 0.3) is 46.6 Å². The molecule has 0 spiro atoms. The summed E-state index contributed by atoms with van der Waals surface area (Å²) in [7, 11) is 0. The number of rotatable bonds is 4. The van der Waals surface area contributed by atoms with Crippen molar-refractivity contribution in [2.75, 3.05) is 0 Å². The largest absolute Gasteiger partial charge is 0.243 e. The van der Waals surface area contributed by atoms with Crippen LogP contribution < -0.4 is 32.8 Å². The third-order valence-electron chi connectivity index (χ3n) is 16.3. The van der Waals surface area contributed by atoms with E-state index in [-0.39, 0.29) is 45.9 Å². The van der Waals surface area contributed by atoms with Crippen molar-refractivity contribution in [3.63, 3.8) is 0 Å². The Kier molecular flexibility index (Phi) is 13.2. The van der Waals surface area contributed by atoms with Crippen LogP contribution in [0.15, 0.2) is 121 Å². The minimum absolute atomic E-state index is 0.0172. The van der Waals surface area contributed by atoms with Gasteiger partial charge in [-0.1, -0.05) is 302 Å². The molecule has 0 aliphatic carbocycles. The lowest BCUT2D eigenvalue weighted by Gasteiger charge is -2.37. The van der Waals surface area contributed by atoms with E-state index in [0.29, 0.717) is 0 Å². The molecule has 0 saturated carbocycles. The molecule has 2 heterocycles. The highest BCUT2D eigenvalue weighted by molar-refractivity contribution is 6.99. The Labute approximate surface area is 449 Å². The fourth-order valence-corrected chi connectivity index (χ4v) is 11.9. The van der Waals surface area contributed by atoms with E-state index in [0.717, 1.165) is 0 Å². The predicted octanol–water partition coefficient (Wildman–Crippen LogP) is 15.4. The van der Waals surface area contributed by atoms with Gasteiger partial charge in [-0.05, 0) is 136 Å². The molecule has 0 nitrogen and oxygen atoms in total. The minimum Gasteiger partial charge on any atom is -0.0658 e. The monoisotopic (exact) mass is 971 g/mol. The van der Waals surface area contributed by atoms with Crippen LogP contribution in [0.3, 0.4) is 0 Å². The van der Waals surface area contributed by atoms with Gasteiger partial charge >= 0.3 is 0 Å². The number of hydrogen-bond acceptors (Lipinski definition) is 0. The molecule has 9 rings (SSSR count). The van der Waals surface area contributed by atoms with Gasteiger partial charge in [0.15, 0.2) is 0 Å². The highest BCUT2D eigenvalue weighted by Gasteiger charge is 2.42. The predicted molar refractivity (Wildman–Crippen MR) is 332 cm³/mol. The Hall–Kier alpha value is -5.85. The Morgan fingerprint density at radius 3 is 0.770 bits per heavy atom. The maximum absolute atomic E-state index is 2.63. The van der Waals surface area contributed by atoms with Crippen LogP contribution in [-0.4, -0.2) is 13.4 Å². The zero-order chi connectivity index (χ0) is 53.8. The lowest BCUT2D eigenvalue weighted by atomic mass is 9.31. The normalized spacial score (nSPS) is 14.1. The summed E-state index contributed by atoms with van der Waals surface area (Å²) in [6, 6.07) is 48.3. The minimum atomic E-state index is -0.127. The Morgan fingerprint density at radius 1 is 0.257 bits per heavy atom. The van der Waals surface area contributed by atoms with Crippen molar-refractivity contribution in [1.29, 1.82) is 0 Å². The molecule has 2 heteroatoms. The fraction of sp³-hybridized carbons (Fsp3) is 0.361. The number of hydrogen-bond donors (Lipinski definition) is 0. The molecule has 0 amide bonds. The van der Waals surface area contributed by atoms with Gasteiger partial charge in [-0.2, -0.15) is 0 Å². The van der Waals surface area contributed by atoms with E-state index < -0.39 is 0 Å². The van der Waals surface area contributed by atoms with Crippen LogP contribution in [-0.2, 0) is 32.5 Å². The fourth-order valence-electron chi connectivity index (χ4n) is 11.9. The van der Waals surface area contributed by atoms with Crippen molar-refractivity contribution in [1.82, 2.24) is 0 Å². The third kappa shape index (κ3) is 10.2. The van der Waals surface area contributed by atoms with Crippen molar-refractivity contribution < 1.29 is 0 Å². The molecule has 0 atom stereocenters. The summed E-state index contributed by atoms with van der Waals surface area (Å²) >= 11 is 0. The van der Waals surface area contributed by atoms with Gasteiger partial charge in [0.05, 0.1) is 0 Å². The van der Waals surface area contributed by atoms with Crippen molar-refractivity contribution in [2.45, 2.75) is 171 Å². The first kappa shape index (κ1) is 53.0. The first-order valence-corrected chi connectivity index (χ1v) is 27.6. The molecule has 74 heavy (non-hydrogen) atoms. The van der Waals surface area contributed by atoms with Gasteiger partial charge in [0.1, 0.15) is 0 Å². The number of benzene rings is 7. The molecule has 2 aliphatic rings.